The molecule has 0 aliphatic heterocycles. The van der Waals surface area contributed by atoms with Crippen molar-refractivity contribution in [2.24, 2.45) is 5.73 Å². The monoisotopic (exact) mass is 416 g/mol. The molecule has 1 aromatic carbocycles. The molecule has 1 aromatic heterocycles. The van der Waals surface area contributed by atoms with Crippen molar-refractivity contribution in [2.75, 3.05) is 6.54 Å². The first-order valence-electron chi connectivity index (χ1n) is 6.11. The highest BCUT2D eigenvalue weighted by Crippen LogP contribution is 2.31. The molecule has 0 saturated heterocycles. The Kier molecular flexibility index (Phi) is 5.77. The first kappa shape index (κ1) is 15.7. The van der Waals surface area contributed by atoms with Gasteiger partial charge in [-0.05, 0) is 62.0 Å². The molecule has 106 valence electrons. The van der Waals surface area contributed by atoms with Crippen LogP contribution in [0.3, 0.4) is 0 Å². The van der Waals surface area contributed by atoms with Crippen LogP contribution in [0.25, 0.3) is 0 Å². The van der Waals surface area contributed by atoms with E-state index in [0.29, 0.717) is 18.7 Å². The van der Waals surface area contributed by atoms with Gasteiger partial charge in [0.25, 0.3) is 5.91 Å². The first-order valence-corrected chi connectivity index (χ1v) is 8.51. The number of thiophene rings is 1. The predicted molar refractivity (Wildman–Crippen MR) is 90.1 cm³/mol. The minimum absolute atomic E-state index is 0.0788. The lowest BCUT2D eigenvalue weighted by Gasteiger charge is -2.06. The largest absolute Gasteiger partial charge is 0.348 e. The van der Waals surface area contributed by atoms with Gasteiger partial charge in [0.2, 0.25) is 0 Å². The van der Waals surface area contributed by atoms with Gasteiger partial charge in [-0.25, -0.2) is 0 Å². The smallest absolute Gasteiger partial charge is 0.253 e. The summed E-state index contributed by atoms with van der Waals surface area (Å²) in [4.78, 5) is 12.0. The molecule has 6 heteroatoms. The van der Waals surface area contributed by atoms with Crippen molar-refractivity contribution < 1.29 is 4.79 Å². The summed E-state index contributed by atoms with van der Waals surface area (Å²) in [6, 6.07) is 9.94. The Morgan fingerprint density at radius 1 is 1.20 bits per heavy atom. The van der Waals surface area contributed by atoms with Gasteiger partial charge in [-0.15, -0.1) is 11.3 Å². The van der Waals surface area contributed by atoms with E-state index in [1.54, 1.807) is 0 Å². The number of nitrogens with two attached hydrogens (primary N) is 1. The van der Waals surface area contributed by atoms with Gasteiger partial charge in [0, 0.05) is 6.54 Å². The van der Waals surface area contributed by atoms with Gasteiger partial charge in [-0.2, -0.15) is 0 Å². The molecule has 1 heterocycles. The van der Waals surface area contributed by atoms with E-state index in [0.717, 1.165) is 19.6 Å². The van der Waals surface area contributed by atoms with E-state index in [4.69, 9.17) is 5.73 Å². The normalized spacial score (nSPS) is 10.6. The summed E-state index contributed by atoms with van der Waals surface area (Å²) < 4.78 is 1.76. The summed E-state index contributed by atoms with van der Waals surface area (Å²) in [5.74, 6) is -0.0788. The van der Waals surface area contributed by atoms with E-state index < -0.39 is 0 Å². The molecule has 0 fully saturated rings. The Bertz CT molecular complexity index is 596. The van der Waals surface area contributed by atoms with Crippen molar-refractivity contribution in [1.29, 1.82) is 0 Å². The van der Waals surface area contributed by atoms with Crippen LogP contribution >= 0.6 is 43.2 Å². The summed E-state index contributed by atoms with van der Waals surface area (Å²) in [6.45, 7) is 1.17. The second kappa shape index (κ2) is 7.36. The zero-order valence-electron chi connectivity index (χ0n) is 10.7. The highest BCUT2D eigenvalue weighted by atomic mass is 79.9. The number of benzene rings is 1. The Hall–Kier alpha value is -0.690. The average Bonchev–Trinajstić information content (AvgIpc) is 2.77. The van der Waals surface area contributed by atoms with E-state index in [1.165, 1.54) is 16.9 Å². The van der Waals surface area contributed by atoms with Gasteiger partial charge in [0.15, 0.2) is 0 Å². The van der Waals surface area contributed by atoms with Gasteiger partial charge >= 0.3 is 0 Å². The Morgan fingerprint density at radius 2 is 1.85 bits per heavy atom. The molecule has 2 rings (SSSR count). The third kappa shape index (κ3) is 4.15. The van der Waals surface area contributed by atoms with E-state index in [-0.39, 0.29) is 5.91 Å². The average molecular weight is 418 g/mol. The molecule has 0 atom stereocenters. The van der Waals surface area contributed by atoms with Crippen LogP contribution in [0.4, 0.5) is 0 Å². The standard InChI is InChI=1S/C14H14Br2N2OS/c15-12-7-11(13(16)20-12)14(19)18-8-10-3-1-9(2-4-10)5-6-17/h1-4,7H,5-6,8,17H2,(H,18,19). The van der Waals surface area contributed by atoms with E-state index in [1.807, 2.05) is 30.3 Å². The lowest BCUT2D eigenvalue weighted by Crippen LogP contribution is -2.22. The van der Waals surface area contributed by atoms with Crippen molar-refractivity contribution in [1.82, 2.24) is 5.32 Å². The van der Waals surface area contributed by atoms with Crippen LogP contribution in [0.2, 0.25) is 0 Å². The third-order valence-corrected chi connectivity index (χ3v) is 5.15. The summed E-state index contributed by atoms with van der Waals surface area (Å²) in [7, 11) is 0. The number of carbonyl (C=O) groups is 1. The number of hydrogen-bond acceptors (Lipinski definition) is 3. The van der Waals surface area contributed by atoms with Gasteiger partial charge in [0.05, 0.1) is 13.1 Å². The minimum atomic E-state index is -0.0788. The quantitative estimate of drug-likeness (QED) is 0.779. The fraction of sp³-hybridized carbons (Fsp3) is 0.214. The van der Waals surface area contributed by atoms with Crippen LogP contribution in [0.1, 0.15) is 21.5 Å². The summed E-state index contributed by atoms with van der Waals surface area (Å²) in [5, 5.41) is 2.91. The van der Waals surface area contributed by atoms with Crippen LogP contribution in [-0.4, -0.2) is 12.5 Å². The molecule has 0 radical (unpaired) electrons. The zero-order chi connectivity index (χ0) is 14.5. The van der Waals surface area contributed by atoms with E-state index >= 15 is 0 Å². The van der Waals surface area contributed by atoms with Crippen LogP contribution in [0.15, 0.2) is 37.9 Å². The lowest BCUT2D eigenvalue weighted by atomic mass is 10.1. The molecule has 0 bridgehead atoms. The van der Waals surface area contributed by atoms with Gasteiger partial charge in [0.1, 0.15) is 0 Å². The topological polar surface area (TPSA) is 55.1 Å². The molecule has 0 saturated carbocycles. The van der Waals surface area contributed by atoms with Crippen molar-refractivity contribution in [3.05, 3.63) is 54.6 Å². The number of halogens is 2. The number of nitrogens with one attached hydrogen (secondary N) is 1. The van der Waals surface area contributed by atoms with Gasteiger partial charge in [-0.3, -0.25) is 4.79 Å². The molecule has 3 N–H and O–H groups in total. The molecule has 0 unspecified atom stereocenters. The second-order valence-electron chi connectivity index (χ2n) is 4.28. The van der Waals surface area contributed by atoms with Crippen molar-refractivity contribution in [2.45, 2.75) is 13.0 Å². The van der Waals surface area contributed by atoms with Crippen LogP contribution in [0, 0.1) is 0 Å². The highest BCUT2D eigenvalue weighted by molar-refractivity contribution is 9.12. The predicted octanol–water partition coefficient (Wildman–Crippen LogP) is 3.70. The molecular weight excluding hydrogens is 404 g/mol. The molecular formula is C14H14Br2N2OS. The minimum Gasteiger partial charge on any atom is -0.348 e. The highest BCUT2D eigenvalue weighted by Gasteiger charge is 2.13. The van der Waals surface area contributed by atoms with Crippen molar-refractivity contribution in [3.8, 4) is 0 Å². The number of amides is 1. The Balaban J connectivity index is 1.94. The number of rotatable bonds is 5. The number of carbonyl (C=O) groups excluding carboxylic acids is 1. The fourth-order valence-corrected chi connectivity index (χ4v) is 4.56. The lowest BCUT2D eigenvalue weighted by molar-refractivity contribution is 0.0950. The van der Waals surface area contributed by atoms with E-state index in [9.17, 15) is 4.79 Å². The van der Waals surface area contributed by atoms with Crippen LogP contribution in [-0.2, 0) is 13.0 Å². The van der Waals surface area contributed by atoms with Gasteiger partial charge < -0.3 is 11.1 Å². The Labute approximate surface area is 138 Å². The van der Waals surface area contributed by atoms with Crippen molar-refractivity contribution >= 4 is 49.1 Å². The molecule has 1 amide bonds. The Morgan fingerprint density at radius 3 is 2.40 bits per heavy atom. The van der Waals surface area contributed by atoms with Crippen LogP contribution in [0.5, 0.6) is 0 Å². The SMILES string of the molecule is NCCc1ccc(CNC(=O)c2cc(Br)sc2Br)cc1. The van der Waals surface area contributed by atoms with Gasteiger partial charge in [-0.1, -0.05) is 24.3 Å². The number of hydrogen-bond donors (Lipinski definition) is 2. The first-order chi connectivity index (χ1) is 9.60. The van der Waals surface area contributed by atoms with Crippen molar-refractivity contribution in [3.63, 3.8) is 0 Å². The third-order valence-electron chi connectivity index (χ3n) is 2.81. The maximum atomic E-state index is 12.0. The summed E-state index contributed by atoms with van der Waals surface area (Å²) >= 11 is 8.24. The van der Waals surface area contributed by atoms with E-state index in [2.05, 4.69) is 37.2 Å². The molecule has 0 spiro atoms. The molecule has 20 heavy (non-hydrogen) atoms. The van der Waals surface area contributed by atoms with Crippen LogP contribution < -0.4 is 11.1 Å². The zero-order valence-corrected chi connectivity index (χ0v) is 14.6. The summed E-state index contributed by atoms with van der Waals surface area (Å²) in [5.41, 5.74) is 8.46. The fourth-order valence-electron chi connectivity index (χ4n) is 1.76. The summed E-state index contributed by atoms with van der Waals surface area (Å²) in [6.07, 6.45) is 0.877. The molecule has 2 aromatic rings. The maximum Gasteiger partial charge on any atom is 0.253 e. The molecule has 3 nitrogen and oxygen atoms in total. The molecule has 0 aliphatic carbocycles. The molecule has 0 aliphatic rings. The second-order valence-corrected chi connectivity index (χ2v) is 8.03. The maximum absolute atomic E-state index is 12.0.